The van der Waals surface area contributed by atoms with Crippen LogP contribution < -0.4 is 4.74 Å². The van der Waals surface area contributed by atoms with Crippen LogP contribution in [0.3, 0.4) is 0 Å². The van der Waals surface area contributed by atoms with E-state index in [2.05, 4.69) is 4.98 Å². The van der Waals surface area contributed by atoms with E-state index in [9.17, 15) is 13.2 Å². The number of nitrogens with zero attached hydrogens (tertiary/aromatic N) is 3. The number of rotatable bonds is 3. The van der Waals surface area contributed by atoms with Crippen molar-refractivity contribution in [2.75, 3.05) is 7.11 Å². The van der Waals surface area contributed by atoms with Crippen LogP contribution in [0.25, 0.3) is 16.9 Å². The molecule has 2 aromatic heterocycles. The molecule has 0 saturated carbocycles. The summed E-state index contributed by atoms with van der Waals surface area (Å²) < 4.78 is 45.2. The minimum absolute atomic E-state index is 0.0517. The molecule has 0 spiro atoms. The zero-order valence-corrected chi connectivity index (χ0v) is 12.6. The van der Waals surface area contributed by atoms with E-state index in [0.29, 0.717) is 28.3 Å². The first kappa shape index (κ1) is 15.9. The Labute approximate surface area is 135 Å². The highest BCUT2D eigenvalue weighted by Gasteiger charge is 2.31. The number of pyridine rings is 1. The second-order valence-corrected chi connectivity index (χ2v) is 5.11. The summed E-state index contributed by atoms with van der Waals surface area (Å²) in [7, 11) is 1.54. The number of fused-ring (bicyclic) bond motifs is 1. The maximum absolute atomic E-state index is 12.9. The summed E-state index contributed by atoms with van der Waals surface area (Å²) in [5.74, 6) is 0.656. The van der Waals surface area contributed by atoms with Crippen LogP contribution in [0, 0.1) is 11.3 Å². The number of hydrogen-bond acceptors (Lipinski definition) is 3. The topological polar surface area (TPSA) is 50.3 Å². The van der Waals surface area contributed by atoms with Crippen molar-refractivity contribution in [2.24, 2.45) is 0 Å². The molecule has 3 rings (SSSR count). The smallest absolute Gasteiger partial charge is 0.417 e. The first-order valence-electron chi connectivity index (χ1n) is 7.03. The summed E-state index contributed by atoms with van der Waals surface area (Å²) in [4.78, 5) is 4.38. The second-order valence-electron chi connectivity index (χ2n) is 5.11. The van der Waals surface area contributed by atoms with Crippen molar-refractivity contribution in [1.82, 2.24) is 9.38 Å². The Morgan fingerprint density at radius 2 is 1.88 bits per heavy atom. The second kappa shape index (κ2) is 5.89. The average Bonchev–Trinajstić information content (AvgIpc) is 2.92. The maximum Gasteiger partial charge on any atom is 0.417 e. The van der Waals surface area contributed by atoms with Gasteiger partial charge in [0, 0.05) is 11.8 Å². The van der Waals surface area contributed by atoms with E-state index in [4.69, 9.17) is 10.00 Å². The Morgan fingerprint density at radius 3 is 2.46 bits per heavy atom. The number of imidazole rings is 1. The van der Waals surface area contributed by atoms with Crippen molar-refractivity contribution in [3.8, 4) is 23.1 Å². The van der Waals surface area contributed by atoms with E-state index in [0.717, 1.165) is 12.3 Å². The lowest BCUT2D eigenvalue weighted by molar-refractivity contribution is -0.137. The fraction of sp³-hybridized carbons (Fsp3) is 0.176. The maximum atomic E-state index is 12.9. The molecule has 0 unspecified atom stereocenters. The average molecular weight is 331 g/mol. The molecular weight excluding hydrogens is 319 g/mol. The predicted molar refractivity (Wildman–Crippen MR) is 81.5 cm³/mol. The van der Waals surface area contributed by atoms with Crippen LogP contribution >= 0.6 is 0 Å². The molecule has 7 heteroatoms. The van der Waals surface area contributed by atoms with Gasteiger partial charge in [-0.05, 0) is 36.4 Å². The quantitative estimate of drug-likeness (QED) is 0.726. The van der Waals surface area contributed by atoms with Gasteiger partial charge in [0.15, 0.2) is 0 Å². The van der Waals surface area contributed by atoms with Gasteiger partial charge in [-0.15, -0.1) is 0 Å². The SMILES string of the molecule is COc1ccc(-c2nc3ccc(C(F)(F)F)cn3c2CC#N)cc1. The first-order chi connectivity index (χ1) is 11.4. The monoisotopic (exact) mass is 331 g/mol. The zero-order chi connectivity index (χ0) is 17.3. The molecule has 0 atom stereocenters. The molecule has 0 aliphatic rings. The third kappa shape index (κ3) is 2.78. The summed E-state index contributed by atoms with van der Waals surface area (Å²) in [6.45, 7) is 0. The summed E-state index contributed by atoms with van der Waals surface area (Å²) in [6.07, 6.45) is -3.53. The molecule has 0 aliphatic carbocycles. The molecule has 2 heterocycles. The van der Waals surface area contributed by atoms with Gasteiger partial charge in [-0.2, -0.15) is 18.4 Å². The number of aromatic nitrogens is 2. The van der Waals surface area contributed by atoms with E-state index in [1.54, 1.807) is 31.4 Å². The normalized spacial score (nSPS) is 11.5. The van der Waals surface area contributed by atoms with Crippen LogP contribution in [0.2, 0.25) is 0 Å². The van der Waals surface area contributed by atoms with Gasteiger partial charge in [0.1, 0.15) is 11.4 Å². The van der Waals surface area contributed by atoms with Crippen LogP contribution in [-0.2, 0) is 12.6 Å². The van der Waals surface area contributed by atoms with E-state index < -0.39 is 11.7 Å². The number of methoxy groups -OCH3 is 1. The lowest BCUT2D eigenvalue weighted by atomic mass is 10.1. The molecule has 0 saturated heterocycles. The Hall–Kier alpha value is -3.01. The van der Waals surface area contributed by atoms with Gasteiger partial charge in [0.25, 0.3) is 0 Å². The van der Waals surface area contributed by atoms with Gasteiger partial charge >= 0.3 is 6.18 Å². The van der Waals surface area contributed by atoms with Crippen LogP contribution in [-0.4, -0.2) is 16.5 Å². The van der Waals surface area contributed by atoms with Gasteiger partial charge < -0.3 is 9.14 Å². The molecule has 0 bridgehead atoms. The van der Waals surface area contributed by atoms with Gasteiger partial charge in [-0.3, -0.25) is 0 Å². The molecule has 4 nitrogen and oxygen atoms in total. The minimum Gasteiger partial charge on any atom is -0.497 e. The number of hydrogen-bond donors (Lipinski definition) is 0. The summed E-state index contributed by atoms with van der Waals surface area (Å²) in [5.41, 5.74) is 1.19. The molecule has 3 aromatic rings. The highest BCUT2D eigenvalue weighted by Crippen LogP contribution is 2.32. The number of benzene rings is 1. The molecule has 122 valence electrons. The van der Waals surface area contributed by atoms with E-state index in [1.807, 2.05) is 6.07 Å². The standard InChI is InChI=1S/C17H12F3N3O/c1-24-13-5-2-11(3-6-13)16-14(8-9-21)23-10-12(17(18,19)20)4-7-15(23)22-16/h2-7,10H,8H2,1H3. The van der Waals surface area contributed by atoms with Crippen molar-refractivity contribution in [3.05, 3.63) is 53.9 Å². The highest BCUT2D eigenvalue weighted by molar-refractivity contribution is 5.67. The number of alkyl halides is 3. The Morgan fingerprint density at radius 1 is 1.17 bits per heavy atom. The third-order valence-electron chi connectivity index (χ3n) is 3.65. The van der Waals surface area contributed by atoms with Gasteiger partial charge in [0.05, 0.1) is 36.6 Å². The van der Waals surface area contributed by atoms with Gasteiger partial charge in [0.2, 0.25) is 0 Å². The first-order valence-corrected chi connectivity index (χ1v) is 7.03. The van der Waals surface area contributed by atoms with Crippen molar-refractivity contribution < 1.29 is 17.9 Å². The van der Waals surface area contributed by atoms with E-state index in [1.165, 1.54) is 10.5 Å². The summed E-state index contributed by atoms with van der Waals surface area (Å²) in [6, 6.07) is 11.2. The molecular formula is C17H12F3N3O. The lowest BCUT2D eigenvalue weighted by Crippen LogP contribution is -2.07. The van der Waals surface area contributed by atoms with E-state index in [-0.39, 0.29) is 6.42 Å². The lowest BCUT2D eigenvalue weighted by Gasteiger charge is -2.08. The molecule has 24 heavy (non-hydrogen) atoms. The minimum atomic E-state index is -4.46. The van der Waals surface area contributed by atoms with Gasteiger partial charge in [-0.25, -0.2) is 4.98 Å². The number of nitriles is 1. The van der Waals surface area contributed by atoms with Crippen molar-refractivity contribution >= 4 is 5.65 Å². The molecule has 1 aromatic carbocycles. The predicted octanol–water partition coefficient (Wildman–Crippen LogP) is 4.09. The highest BCUT2D eigenvalue weighted by atomic mass is 19.4. The van der Waals surface area contributed by atoms with E-state index >= 15 is 0 Å². The molecule has 0 N–H and O–H groups in total. The number of halogens is 3. The fourth-order valence-electron chi connectivity index (χ4n) is 2.48. The summed E-state index contributed by atoms with van der Waals surface area (Å²) in [5, 5.41) is 9.05. The van der Waals surface area contributed by atoms with Crippen LogP contribution in [0.15, 0.2) is 42.6 Å². The largest absolute Gasteiger partial charge is 0.497 e. The Bertz CT molecular complexity index is 921. The Balaban J connectivity index is 2.20. The van der Waals surface area contributed by atoms with Crippen molar-refractivity contribution in [2.45, 2.75) is 12.6 Å². The summed E-state index contributed by atoms with van der Waals surface area (Å²) >= 11 is 0. The molecule has 0 aliphatic heterocycles. The van der Waals surface area contributed by atoms with Crippen LogP contribution in [0.1, 0.15) is 11.3 Å². The Kier molecular flexibility index (Phi) is 3.89. The molecule has 0 fully saturated rings. The van der Waals surface area contributed by atoms with Gasteiger partial charge in [-0.1, -0.05) is 0 Å². The van der Waals surface area contributed by atoms with Crippen LogP contribution in [0.5, 0.6) is 5.75 Å². The fourth-order valence-corrected chi connectivity index (χ4v) is 2.48. The number of ether oxygens (including phenoxy) is 1. The van der Waals surface area contributed by atoms with Crippen molar-refractivity contribution in [3.63, 3.8) is 0 Å². The molecule has 0 radical (unpaired) electrons. The molecule has 0 amide bonds. The van der Waals surface area contributed by atoms with Crippen molar-refractivity contribution in [1.29, 1.82) is 5.26 Å². The van der Waals surface area contributed by atoms with Crippen LogP contribution in [0.4, 0.5) is 13.2 Å². The zero-order valence-electron chi connectivity index (χ0n) is 12.6. The third-order valence-corrected chi connectivity index (χ3v) is 3.65.